The Bertz CT molecular complexity index is 393. The minimum atomic E-state index is 0.266. The second kappa shape index (κ2) is 6.40. The molecule has 1 aliphatic rings. The van der Waals surface area contributed by atoms with E-state index in [1.807, 2.05) is 12.1 Å². The summed E-state index contributed by atoms with van der Waals surface area (Å²) in [5.74, 6) is 1.09. The molecule has 1 atom stereocenters. The van der Waals surface area contributed by atoms with Crippen LogP contribution in [0, 0.1) is 5.92 Å². The molecule has 100 valence electrons. The molecule has 0 aliphatic heterocycles. The van der Waals surface area contributed by atoms with Gasteiger partial charge in [-0.05, 0) is 75.2 Å². The van der Waals surface area contributed by atoms with Gasteiger partial charge in [0, 0.05) is 12.6 Å². The molecule has 18 heavy (non-hydrogen) atoms. The molecule has 0 bridgehead atoms. The van der Waals surface area contributed by atoms with E-state index in [0.717, 1.165) is 21.4 Å². The van der Waals surface area contributed by atoms with Gasteiger partial charge in [0.1, 0.15) is 5.75 Å². The van der Waals surface area contributed by atoms with Crippen LogP contribution in [0.5, 0.6) is 5.75 Å². The van der Waals surface area contributed by atoms with E-state index in [-0.39, 0.29) is 5.75 Å². The number of hydrogen-bond donors (Lipinski definition) is 2. The van der Waals surface area contributed by atoms with Crippen molar-refractivity contribution in [1.29, 1.82) is 0 Å². The van der Waals surface area contributed by atoms with E-state index in [2.05, 4.69) is 44.1 Å². The first-order chi connectivity index (χ1) is 8.58. The highest BCUT2D eigenvalue weighted by Crippen LogP contribution is 2.33. The maximum atomic E-state index is 9.67. The van der Waals surface area contributed by atoms with Crippen LogP contribution in [0.1, 0.15) is 38.2 Å². The van der Waals surface area contributed by atoms with Crippen LogP contribution in [-0.2, 0) is 6.54 Å². The maximum Gasteiger partial charge on any atom is 0.143 e. The van der Waals surface area contributed by atoms with Crippen molar-refractivity contribution >= 4 is 31.9 Å². The van der Waals surface area contributed by atoms with Gasteiger partial charge in [-0.25, -0.2) is 0 Å². The van der Waals surface area contributed by atoms with Gasteiger partial charge in [-0.1, -0.05) is 12.8 Å². The van der Waals surface area contributed by atoms with E-state index in [9.17, 15) is 5.11 Å². The van der Waals surface area contributed by atoms with Crippen LogP contribution in [0.15, 0.2) is 21.1 Å². The third kappa shape index (κ3) is 3.49. The van der Waals surface area contributed by atoms with Crippen molar-refractivity contribution in [2.45, 2.75) is 45.2 Å². The number of aromatic hydroxyl groups is 1. The molecule has 4 heteroatoms. The zero-order valence-electron chi connectivity index (χ0n) is 10.5. The van der Waals surface area contributed by atoms with E-state index in [1.54, 1.807) is 0 Å². The van der Waals surface area contributed by atoms with Crippen LogP contribution >= 0.6 is 31.9 Å². The molecule has 1 aromatic carbocycles. The van der Waals surface area contributed by atoms with Crippen molar-refractivity contribution in [2.24, 2.45) is 5.92 Å². The lowest BCUT2D eigenvalue weighted by molar-refractivity contribution is 0.380. The Balaban J connectivity index is 1.93. The first kappa shape index (κ1) is 14.4. The van der Waals surface area contributed by atoms with Gasteiger partial charge < -0.3 is 10.4 Å². The molecule has 1 aliphatic carbocycles. The average Bonchev–Trinajstić information content (AvgIpc) is 2.86. The van der Waals surface area contributed by atoms with Gasteiger partial charge in [0.15, 0.2) is 0 Å². The van der Waals surface area contributed by atoms with Gasteiger partial charge in [0.2, 0.25) is 0 Å². The number of rotatable bonds is 4. The van der Waals surface area contributed by atoms with E-state index in [0.29, 0.717) is 6.04 Å². The van der Waals surface area contributed by atoms with Crippen molar-refractivity contribution in [1.82, 2.24) is 5.32 Å². The highest BCUT2D eigenvalue weighted by molar-refractivity contribution is 9.11. The third-order valence-corrected chi connectivity index (χ3v) is 5.02. The summed E-state index contributed by atoms with van der Waals surface area (Å²) in [5.41, 5.74) is 1.18. The molecule has 2 nitrogen and oxygen atoms in total. The highest BCUT2D eigenvalue weighted by atomic mass is 79.9. The smallest absolute Gasteiger partial charge is 0.143 e. The van der Waals surface area contributed by atoms with Crippen LogP contribution in [0.25, 0.3) is 0 Å². The lowest BCUT2D eigenvalue weighted by Gasteiger charge is -2.20. The van der Waals surface area contributed by atoms with Crippen LogP contribution < -0.4 is 5.32 Å². The predicted molar refractivity (Wildman–Crippen MR) is 81.8 cm³/mol. The van der Waals surface area contributed by atoms with Crippen molar-refractivity contribution in [3.63, 3.8) is 0 Å². The van der Waals surface area contributed by atoms with E-state index >= 15 is 0 Å². The lowest BCUT2D eigenvalue weighted by Crippen LogP contribution is -2.31. The van der Waals surface area contributed by atoms with Gasteiger partial charge >= 0.3 is 0 Å². The normalized spacial score (nSPS) is 18.2. The molecule has 0 radical (unpaired) electrons. The number of phenolic OH excluding ortho intramolecular Hbond substituents is 1. The average molecular weight is 377 g/mol. The second-order valence-electron chi connectivity index (χ2n) is 5.12. The molecule has 0 saturated heterocycles. The topological polar surface area (TPSA) is 32.3 Å². The standard InChI is InChI=1S/C14H19Br2NO/c1-9(11-4-2-3-5-11)17-8-10-6-12(15)14(18)13(16)7-10/h6-7,9,11,17-18H,2-5,8H2,1H3/t9-/m1/s1. The number of hydrogen-bond acceptors (Lipinski definition) is 2. The summed E-state index contributed by atoms with van der Waals surface area (Å²) in [5, 5.41) is 13.3. The third-order valence-electron chi connectivity index (χ3n) is 3.81. The largest absolute Gasteiger partial charge is 0.506 e. The first-order valence-corrected chi connectivity index (χ1v) is 8.07. The molecule has 0 heterocycles. The second-order valence-corrected chi connectivity index (χ2v) is 6.83. The summed E-state index contributed by atoms with van der Waals surface area (Å²) in [4.78, 5) is 0. The fraction of sp³-hybridized carbons (Fsp3) is 0.571. The van der Waals surface area contributed by atoms with Gasteiger partial charge in [-0.2, -0.15) is 0 Å². The summed E-state index contributed by atoms with van der Waals surface area (Å²) in [6.07, 6.45) is 5.48. The van der Waals surface area contributed by atoms with Crippen LogP contribution in [0.4, 0.5) is 0 Å². The fourth-order valence-corrected chi connectivity index (χ4v) is 3.90. The molecular formula is C14H19Br2NO. The lowest BCUT2D eigenvalue weighted by atomic mass is 9.99. The van der Waals surface area contributed by atoms with Crippen LogP contribution in [-0.4, -0.2) is 11.1 Å². The Hall–Kier alpha value is -0.0600. The van der Waals surface area contributed by atoms with Gasteiger partial charge in [-0.15, -0.1) is 0 Å². The molecule has 1 saturated carbocycles. The Morgan fingerprint density at radius 3 is 2.39 bits per heavy atom. The summed E-state index contributed by atoms with van der Waals surface area (Å²) >= 11 is 6.72. The van der Waals surface area contributed by atoms with E-state index < -0.39 is 0 Å². The molecule has 0 amide bonds. The predicted octanol–water partition coefficient (Wildman–Crippen LogP) is 4.59. The first-order valence-electron chi connectivity index (χ1n) is 6.48. The van der Waals surface area contributed by atoms with Crippen LogP contribution in [0.2, 0.25) is 0 Å². The number of benzene rings is 1. The minimum Gasteiger partial charge on any atom is -0.506 e. The SMILES string of the molecule is C[C@@H](NCc1cc(Br)c(O)c(Br)c1)C1CCCC1. The molecule has 1 aromatic rings. The molecule has 1 fully saturated rings. The maximum absolute atomic E-state index is 9.67. The minimum absolute atomic E-state index is 0.266. The fourth-order valence-electron chi connectivity index (χ4n) is 2.62. The molecule has 0 aromatic heterocycles. The molecule has 2 rings (SSSR count). The van der Waals surface area contributed by atoms with Gasteiger partial charge in [0.05, 0.1) is 8.95 Å². The van der Waals surface area contributed by atoms with Crippen molar-refractivity contribution < 1.29 is 5.11 Å². The number of nitrogens with one attached hydrogen (secondary N) is 1. The Labute approximate surface area is 125 Å². The van der Waals surface area contributed by atoms with E-state index in [1.165, 1.54) is 31.2 Å². The molecular weight excluding hydrogens is 358 g/mol. The molecule has 0 unspecified atom stereocenters. The zero-order chi connectivity index (χ0) is 13.1. The Morgan fingerprint density at radius 1 is 1.28 bits per heavy atom. The molecule has 0 spiro atoms. The monoisotopic (exact) mass is 375 g/mol. The summed E-state index contributed by atoms with van der Waals surface area (Å²) in [7, 11) is 0. The van der Waals surface area contributed by atoms with Crippen molar-refractivity contribution in [2.75, 3.05) is 0 Å². The quantitative estimate of drug-likeness (QED) is 0.805. The Morgan fingerprint density at radius 2 is 1.83 bits per heavy atom. The van der Waals surface area contributed by atoms with Gasteiger partial charge in [0.25, 0.3) is 0 Å². The number of halogens is 2. The Kier molecular flexibility index (Phi) is 5.10. The molecule has 2 N–H and O–H groups in total. The van der Waals surface area contributed by atoms with Crippen molar-refractivity contribution in [3.8, 4) is 5.75 Å². The number of phenols is 1. The van der Waals surface area contributed by atoms with E-state index in [4.69, 9.17) is 0 Å². The highest BCUT2D eigenvalue weighted by Gasteiger charge is 2.20. The summed E-state index contributed by atoms with van der Waals surface area (Å²) < 4.78 is 1.48. The zero-order valence-corrected chi connectivity index (χ0v) is 13.7. The van der Waals surface area contributed by atoms with Crippen molar-refractivity contribution in [3.05, 3.63) is 26.6 Å². The van der Waals surface area contributed by atoms with Gasteiger partial charge in [-0.3, -0.25) is 0 Å². The summed E-state index contributed by atoms with van der Waals surface area (Å²) in [6, 6.07) is 4.50. The van der Waals surface area contributed by atoms with Crippen LogP contribution in [0.3, 0.4) is 0 Å². The summed E-state index contributed by atoms with van der Waals surface area (Å²) in [6.45, 7) is 3.12.